The smallest absolute Gasteiger partial charge is 0.228 e. The van der Waals surface area contributed by atoms with Crippen molar-refractivity contribution in [2.75, 3.05) is 11.9 Å². The lowest BCUT2D eigenvalue weighted by molar-refractivity contribution is -0.127. The van der Waals surface area contributed by atoms with Gasteiger partial charge in [-0.15, -0.1) is 0 Å². The number of amides is 2. The number of hydrogen-bond acceptors (Lipinski definition) is 2. The van der Waals surface area contributed by atoms with Gasteiger partial charge in [0.25, 0.3) is 0 Å². The maximum Gasteiger partial charge on any atom is 0.228 e. The standard InChI is InChI=1S/C26H28N2O2/c1-20-12-14-24(15-13-20)28-26(30)23(18-22-10-6-3-7-11-22)19-25(29)27-17-16-21-8-4-2-5-9-21/h2-15,23H,16-19H2,1H3,(H,27,29)(H,28,30). The molecule has 154 valence electrons. The van der Waals surface area contributed by atoms with Crippen LogP contribution in [0.15, 0.2) is 84.9 Å². The predicted octanol–water partition coefficient (Wildman–Crippen LogP) is 4.54. The summed E-state index contributed by atoms with van der Waals surface area (Å²) in [4.78, 5) is 25.5. The molecule has 0 aliphatic rings. The first-order valence-corrected chi connectivity index (χ1v) is 10.3. The molecule has 0 saturated heterocycles. The lowest BCUT2D eigenvalue weighted by Crippen LogP contribution is -2.33. The fraction of sp³-hybridized carbons (Fsp3) is 0.231. The molecular formula is C26H28N2O2. The number of benzene rings is 3. The summed E-state index contributed by atoms with van der Waals surface area (Å²) in [7, 11) is 0. The average molecular weight is 401 g/mol. The predicted molar refractivity (Wildman–Crippen MR) is 121 cm³/mol. The van der Waals surface area contributed by atoms with Gasteiger partial charge in [-0.25, -0.2) is 0 Å². The number of aryl methyl sites for hydroxylation is 1. The van der Waals surface area contributed by atoms with E-state index in [0.717, 1.165) is 23.2 Å². The van der Waals surface area contributed by atoms with Gasteiger partial charge in [-0.05, 0) is 43.0 Å². The lowest BCUT2D eigenvalue weighted by atomic mass is 9.94. The van der Waals surface area contributed by atoms with Gasteiger partial charge >= 0.3 is 0 Å². The van der Waals surface area contributed by atoms with Crippen molar-refractivity contribution < 1.29 is 9.59 Å². The van der Waals surface area contributed by atoms with Crippen molar-refractivity contribution in [2.45, 2.75) is 26.2 Å². The summed E-state index contributed by atoms with van der Waals surface area (Å²) < 4.78 is 0. The van der Waals surface area contributed by atoms with Crippen molar-refractivity contribution in [1.29, 1.82) is 0 Å². The number of carbonyl (C=O) groups is 2. The van der Waals surface area contributed by atoms with Gasteiger partial charge in [0.15, 0.2) is 0 Å². The van der Waals surface area contributed by atoms with Gasteiger partial charge in [-0.3, -0.25) is 9.59 Å². The normalized spacial score (nSPS) is 11.5. The molecule has 0 aromatic heterocycles. The SMILES string of the molecule is Cc1ccc(NC(=O)C(CC(=O)NCCc2ccccc2)Cc2ccccc2)cc1. The van der Waals surface area contributed by atoms with Gasteiger partial charge in [0, 0.05) is 18.7 Å². The van der Waals surface area contributed by atoms with Crippen LogP contribution in [0.3, 0.4) is 0 Å². The topological polar surface area (TPSA) is 58.2 Å². The monoisotopic (exact) mass is 400 g/mol. The molecule has 0 heterocycles. The zero-order chi connectivity index (χ0) is 21.2. The van der Waals surface area contributed by atoms with Crippen LogP contribution < -0.4 is 10.6 Å². The lowest BCUT2D eigenvalue weighted by Gasteiger charge is -2.17. The van der Waals surface area contributed by atoms with Crippen LogP contribution in [0.1, 0.15) is 23.1 Å². The zero-order valence-corrected chi connectivity index (χ0v) is 17.3. The number of hydrogen-bond donors (Lipinski definition) is 2. The average Bonchev–Trinajstić information content (AvgIpc) is 2.76. The van der Waals surface area contributed by atoms with Crippen molar-refractivity contribution >= 4 is 17.5 Å². The molecule has 0 radical (unpaired) electrons. The summed E-state index contributed by atoms with van der Waals surface area (Å²) in [6.45, 7) is 2.56. The van der Waals surface area contributed by atoms with E-state index < -0.39 is 5.92 Å². The quantitative estimate of drug-likeness (QED) is 0.554. The van der Waals surface area contributed by atoms with Gasteiger partial charge in [-0.2, -0.15) is 0 Å². The van der Waals surface area contributed by atoms with Crippen molar-refractivity contribution in [3.8, 4) is 0 Å². The van der Waals surface area contributed by atoms with Crippen LogP contribution in [0.2, 0.25) is 0 Å². The Morgan fingerprint density at radius 3 is 2.03 bits per heavy atom. The third kappa shape index (κ3) is 6.89. The van der Waals surface area contributed by atoms with E-state index in [1.54, 1.807) is 0 Å². The Morgan fingerprint density at radius 2 is 1.40 bits per heavy atom. The molecule has 0 fully saturated rings. The second-order valence-electron chi connectivity index (χ2n) is 7.53. The van der Waals surface area contributed by atoms with Crippen LogP contribution in [0.25, 0.3) is 0 Å². The maximum atomic E-state index is 12.9. The summed E-state index contributed by atoms with van der Waals surface area (Å²) >= 11 is 0. The second-order valence-corrected chi connectivity index (χ2v) is 7.53. The fourth-order valence-corrected chi connectivity index (χ4v) is 3.32. The minimum atomic E-state index is -0.439. The number of carbonyl (C=O) groups excluding carboxylic acids is 2. The Kier molecular flexibility index (Phi) is 7.78. The van der Waals surface area contributed by atoms with Crippen molar-refractivity contribution in [1.82, 2.24) is 5.32 Å². The maximum absolute atomic E-state index is 12.9. The summed E-state index contributed by atoms with van der Waals surface area (Å²) in [6.07, 6.45) is 1.44. The summed E-state index contributed by atoms with van der Waals surface area (Å²) in [5, 5.41) is 5.91. The van der Waals surface area contributed by atoms with E-state index in [-0.39, 0.29) is 18.2 Å². The van der Waals surface area contributed by atoms with Crippen LogP contribution in [0.4, 0.5) is 5.69 Å². The van der Waals surface area contributed by atoms with Crippen molar-refractivity contribution in [3.63, 3.8) is 0 Å². The van der Waals surface area contributed by atoms with Gasteiger partial charge in [0.2, 0.25) is 11.8 Å². The molecule has 4 nitrogen and oxygen atoms in total. The Labute approximate surface area is 178 Å². The molecule has 3 aromatic rings. The van der Waals surface area contributed by atoms with Crippen LogP contribution >= 0.6 is 0 Å². The highest BCUT2D eigenvalue weighted by atomic mass is 16.2. The molecule has 1 atom stereocenters. The van der Waals surface area contributed by atoms with Crippen LogP contribution in [0.5, 0.6) is 0 Å². The molecular weight excluding hydrogens is 372 g/mol. The van der Waals surface area contributed by atoms with Gasteiger partial charge < -0.3 is 10.6 Å². The first-order valence-electron chi connectivity index (χ1n) is 10.3. The molecule has 0 bridgehead atoms. The van der Waals surface area contributed by atoms with Crippen molar-refractivity contribution in [3.05, 3.63) is 102 Å². The highest BCUT2D eigenvalue weighted by Gasteiger charge is 2.22. The summed E-state index contributed by atoms with van der Waals surface area (Å²) in [5.74, 6) is -0.683. The molecule has 30 heavy (non-hydrogen) atoms. The van der Waals surface area contributed by atoms with Crippen LogP contribution in [-0.2, 0) is 22.4 Å². The Balaban J connectivity index is 1.60. The summed E-state index contributed by atoms with van der Waals surface area (Å²) in [6, 6.07) is 27.5. The summed E-state index contributed by atoms with van der Waals surface area (Å²) in [5.41, 5.74) is 4.09. The van der Waals surface area contributed by atoms with E-state index in [0.29, 0.717) is 13.0 Å². The van der Waals surface area contributed by atoms with Crippen LogP contribution in [-0.4, -0.2) is 18.4 Å². The number of anilines is 1. The van der Waals surface area contributed by atoms with E-state index in [2.05, 4.69) is 10.6 Å². The zero-order valence-electron chi connectivity index (χ0n) is 17.3. The van der Waals surface area contributed by atoms with E-state index >= 15 is 0 Å². The number of nitrogens with one attached hydrogen (secondary N) is 2. The molecule has 0 aliphatic heterocycles. The van der Waals surface area contributed by atoms with Gasteiger partial charge in [0.05, 0.1) is 5.92 Å². The Bertz CT molecular complexity index is 938. The molecule has 3 rings (SSSR count). The third-order valence-electron chi connectivity index (χ3n) is 5.03. The second kappa shape index (κ2) is 11.0. The fourth-order valence-electron chi connectivity index (χ4n) is 3.32. The Hall–Kier alpha value is -3.40. The van der Waals surface area contributed by atoms with E-state index in [1.165, 1.54) is 5.56 Å². The first-order chi connectivity index (χ1) is 14.6. The molecule has 0 spiro atoms. The largest absolute Gasteiger partial charge is 0.356 e. The highest BCUT2D eigenvalue weighted by molar-refractivity contribution is 5.95. The minimum absolute atomic E-state index is 0.106. The minimum Gasteiger partial charge on any atom is -0.356 e. The molecule has 2 amide bonds. The van der Waals surface area contributed by atoms with Gasteiger partial charge in [0.1, 0.15) is 0 Å². The molecule has 4 heteroatoms. The molecule has 2 N–H and O–H groups in total. The Morgan fingerprint density at radius 1 is 0.800 bits per heavy atom. The third-order valence-corrected chi connectivity index (χ3v) is 5.03. The molecule has 0 saturated carbocycles. The molecule has 0 aliphatic carbocycles. The van der Waals surface area contributed by atoms with Crippen molar-refractivity contribution in [2.24, 2.45) is 5.92 Å². The van der Waals surface area contributed by atoms with Gasteiger partial charge in [-0.1, -0.05) is 78.4 Å². The molecule has 1 unspecified atom stereocenters. The van der Waals surface area contributed by atoms with E-state index in [4.69, 9.17) is 0 Å². The number of rotatable bonds is 9. The van der Waals surface area contributed by atoms with Crippen LogP contribution in [0, 0.1) is 12.8 Å². The molecule has 3 aromatic carbocycles. The van der Waals surface area contributed by atoms with E-state index in [1.807, 2.05) is 91.9 Å². The highest BCUT2D eigenvalue weighted by Crippen LogP contribution is 2.17. The first kappa shape index (κ1) is 21.3. The van der Waals surface area contributed by atoms with E-state index in [9.17, 15) is 9.59 Å².